The standard InChI is InChI=1S/C7H15N5/c1-5(8)3-2-4-6-10-7(9)12-11-6/h5H,2-4,8H2,1H3,(H3,9,10,11,12). The molecular formula is C7H15N5. The van der Waals surface area contributed by atoms with Crippen molar-refractivity contribution < 1.29 is 0 Å². The highest BCUT2D eigenvalue weighted by atomic mass is 15.3. The van der Waals surface area contributed by atoms with Crippen LogP contribution in [0.15, 0.2) is 0 Å². The van der Waals surface area contributed by atoms with Crippen molar-refractivity contribution in [2.75, 3.05) is 5.73 Å². The summed E-state index contributed by atoms with van der Waals surface area (Å²) in [5.41, 5.74) is 10.9. The molecule has 1 aromatic heterocycles. The predicted molar refractivity (Wildman–Crippen MR) is 47.4 cm³/mol. The summed E-state index contributed by atoms with van der Waals surface area (Å²) >= 11 is 0. The van der Waals surface area contributed by atoms with E-state index in [1.54, 1.807) is 0 Å². The fraction of sp³-hybridized carbons (Fsp3) is 0.714. The second kappa shape index (κ2) is 4.06. The fourth-order valence-electron chi connectivity index (χ4n) is 1.01. The average molecular weight is 169 g/mol. The number of hydrogen-bond acceptors (Lipinski definition) is 4. The quantitative estimate of drug-likeness (QED) is 0.594. The van der Waals surface area contributed by atoms with E-state index in [9.17, 15) is 0 Å². The lowest BCUT2D eigenvalue weighted by Crippen LogP contribution is -2.14. The number of nitrogens with one attached hydrogen (secondary N) is 1. The van der Waals surface area contributed by atoms with E-state index in [0.717, 1.165) is 25.1 Å². The van der Waals surface area contributed by atoms with Gasteiger partial charge in [-0.3, -0.25) is 5.10 Å². The Labute approximate surface area is 71.6 Å². The second-order valence-electron chi connectivity index (χ2n) is 3.01. The SMILES string of the molecule is CC(N)CCCc1nc(N)n[nH]1. The second-order valence-corrected chi connectivity index (χ2v) is 3.01. The van der Waals surface area contributed by atoms with Crippen molar-refractivity contribution in [1.82, 2.24) is 15.2 Å². The van der Waals surface area contributed by atoms with Crippen LogP contribution in [0, 0.1) is 0 Å². The molecule has 0 saturated heterocycles. The lowest BCUT2D eigenvalue weighted by molar-refractivity contribution is 0.614. The monoisotopic (exact) mass is 169 g/mol. The topological polar surface area (TPSA) is 93.6 Å². The Kier molecular flexibility index (Phi) is 3.04. The lowest BCUT2D eigenvalue weighted by atomic mass is 10.1. The summed E-state index contributed by atoms with van der Waals surface area (Å²) in [6.45, 7) is 1.99. The zero-order chi connectivity index (χ0) is 8.97. The average Bonchev–Trinajstić information content (AvgIpc) is 2.35. The predicted octanol–water partition coefficient (Wildman–Crippen LogP) is 0.0568. The van der Waals surface area contributed by atoms with Crippen LogP contribution in [0.25, 0.3) is 0 Å². The Morgan fingerprint density at radius 3 is 2.83 bits per heavy atom. The molecule has 0 spiro atoms. The molecule has 0 aliphatic carbocycles. The summed E-state index contributed by atoms with van der Waals surface area (Å²) in [6, 6.07) is 0.255. The van der Waals surface area contributed by atoms with Gasteiger partial charge in [0.15, 0.2) is 0 Å². The van der Waals surface area contributed by atoms with Crippen LogP contribution in [0.1, 0.15) is 25.6 Å². The summed E-state index contributed by atoms with van der Waals surface area (Å²) in [7, 11) is 0. The molecule has 1 unspecified atom stereocenters. The first-order valence-electron chi connectivity index (χ1n) is 4.11. The van der Waals surface area contributed by atoms with Crippen LogP contribution in [-0.4, -0.2) is 21.2 Å². The van der Waals surface area contributed by atoms with Crippen molar-refractivity contribution in [3.05, 3.63) is 5.82 Å². The molecule has 0 amide bonds. The molecule has 5 N–H and O–H groups in total. The highest BCUT2D eigenvalue weighted by molar-refractivity contribution is 5.12. The number of aryl methyl sites for hydroxylation is 1. The van der Waals surface area contributed by atoms with Crippen molar-refractivity contribution in [2.45, 2.75) is 32.2 Å². The molecule has 1 rings (SSSR count). The van der Waals surface area contributed by atoms with E-state index in [1.807, 2.05) is 6.92 Å². The van der Waals surface area contributed by atoms with E-state index in [0.29, 0.717) is 5.95 Å². The Bertz CT molecular complexity index is 229. The van der Waals surface area contributed by atoms with Gasteiger partial charge in [-0.15, -0.1) is 5.10 Å². The molecular weight excluding hydrogens is 154 g/mol. The molecule has 12 heavy (non-hydrogen) atoms. The van der Waals surface area contributed by atoms with Crippen LogP contribution in [0.5, 0.6) is 0 Å². The third-order valence-corrected chi connectivity index (χ3v) is 1.62. The molecule has 0 fully saturated rings. The molecule has 5 nitrogen and oxygen atoms in total. The van der Waals surface area contributed by atoms with E-state index in [1.165, 1.54) is 0 Å². The largest absolute Gasteiger partial charge is 0.367 e. The lowest BCUT2D eigenvalue weighted by Gasteiger charge is -2.01. The van der Waals surface area contributed by atoms with Crippen LogP contribution in [0.3, 0.4) is 0 Å². The maximum atomic E-state index is 5.59. The van der Waals surface area contributed by atoms with Crippen molar-refractivity contribution in [3.63, 3.8) is 0 Å². The Morgan fingerprint density at radius 2 is 2.33 bits per heavy atom. The van der Waals surface area contributed by atoms with Crippen LogP contribution in [0.4, 0.5) is 5.95 Å². The van der Waals surface area contributed by atoms with Crippen molar-refractivity contribution in [1.29, 1.82) is 0 Å². The van der Waals surface area contributed by atoms with Gasteiger partial charge in [0, 0.05) is 12.5 Å². The van der Waals surface area contributed by atoms with Gasteiger partial charge >= 0.3 is 0 Å². The molecule has 68 valence electrons. The van der Waals surface area contributed by atoms with Gasteiger partial charge in [0.25, 0.3) is 0 Å². The normalized spacial score (nSPS) is 13.2. The van der Waals surface area contributed by atoms with Crippen molar-refractivity contribution >= 4 is 5.95 Å². The molecule has 5 heteroatoms. The molecule has 1 heterocycles. The molecule has 0 aromatic carbocycles. The number of aromatic amines is 1. The minimum atomic E-state index is 0.255. The summed E-state index contributed by atoms with van der Waals surface area (Å²) in [5, 5.41) is 6.48. The van der Waals surface area contributed by atoms with E-state index in [4.69, 9.17) is 11.5 Å². The first-order chi connectivity index (χ1) is 5.68. The molecule has 0 aliphatic rings. The minimum absolute atomic E-state index is 0.255. The summed E-state index contributed by atoms with van der Waals surface area (Å²) in [5.74, 6) is 1.15. The molecule has 0 saturated carbocycles. The number of anilines is 1. The van der Waals surface area contributed by atoms with Crippen LogP contribution < -0.4 is 11.5 Å². The van der Waals surface area contributed by atoms with Gasteiger partial charge < -0.3 is 11.5 Å². The highest BCUT2D eigenvalue weighted by Crippen LogP contribution is 2.01. The maximum Gasteiger partial charge on any atom is 0.239 e. The van der Waals surface area contributed by atoms with Gasteiger partial charge in [0.1, 0.15) is 5.82 Å². The summed E-state index contributed by atoms with van der Waals surface area (Å²) < 4.78 is 0. The van der Waals surface area contributed by atoms with Crippen LogP contribution >= 0.6 is 0 Å². The number of hydrogen-bond donors (Lipinski definition) is 3. The molecule has 0 radical (unpaired) electrons. The van der Waals surface area contributed by atoms with Crippen LogP contribution in [0.2, 0.25) is 0 Å². The fourth-order valence-corrected chi connectivity index (χ4v) is 1.01. The minimum Gasteiger partial charge on any atom is -0.367 e. The number of H-pyrrole nitrogens is 1. The van der Waals surface area contributed by atoms with Gasteiger partial charge in [0.2, 0.25) is 5.95 Å². The zero-order valence-corrected chi connectivity index (χ0v) is 7.25. The Balaban J connectivity index is 2.24. The maximum absolute atomic E-state index is 5.59. The third-order valence-electron chi connectivity index (χ3n) is 1.62. The number of nitrogen functional groups attached to an aromatic ring is 1. The van der Waals surface area contributed by atoms with E-state index < -0.39 is 0 Å². The molecule has 1 atom stereocenters. The summed E-state index contributed by atoms with van der Waals surface area (Å²) in [4.78, 5) is 3.98. The van der Waals surface area contributed by atoms with Gasteiger partial charge in [-0.25, -0.2) is 0 Å². The van der Waals surface area contributed by atoms with Gasteiger partial charge in [-0.1, -0.05) is 0 Å². The first-order valence-corrected chi connectivity index (χ1v) is 4.11. The van der Waals surface area contributed by atoms with Gasteiger partial charge in [-0.05, 0) is 19.8 Å². The Hall–Kier alpha value is -1.10. The molecule has 0 bridgehead atoms. The smallest absolute Gasteiger partial charge is 0.239 e. The number of rotatable bonds is 4. The number of aromatic nitrogens is 3. The van der Waals surface area contributed by atoms with E-state index in [-0.39, 0.29) is 6.04 Å². The summed E-state index contributed by atoms with van der Waals surface area (Å²) in [6.07, 6.45) is 2.89. The van der Waals surface area contributed by atoms with E-state index >= 15 is 0 Å². The third kappa shape index (κ3) is 2.87. The van der Waals surface area contributed by atoms with Gasteiger partial charge in [0.05, 0.1) is 0 Å². The van der Waals surface area contributed by atoms with Crippen molar-refractivity contribution in [2.24, 2.45) is 5.73 Å². The number of nitrogens with zero attached hydrogens (tertiary/aromatic N) is 2. The molecule has 0 aliphatic heterocycles. The Morgan fingerprint density at radius 1 is 1.58 bits per heavy atom. The first kappa shape index (κ1) is 8.99. The van der Waals surface area contributed by atoms with Gasteiger partial charge in [-0.2, -0.15) is 4.98 Å². The van der Waals surface area contributed by atoms with E-state index in [2.05, 4.69) is 15.2 Å². The zero-order valence-electron chi connectivity index (χ0n) is 7.25. The number of nitrogens with two attached hydrogens (primary N) is 2. The van der Waals surface area contributed by atoms with Crippen molar-refractivity contribution in [3.8, 4) is 0 Å². The molecule has 1 aromatic rings. The highest BCUT2D eigenvalue weighted by Gasteiger charge is 2.00. The van der Waals surface area contributed by atoms with Crippen LogP contribution in [-0.2, 0) is 6.42 Å².